The second-order valence-corrected chi connectivity index (χ2v) is 5.58. The van der Waals surface area contributed by atoms with Crippen LogP contribution >= 0.6 is 11.3 Å². The second-order valence-electron chi connectivity index (χ2n) is 4.41. The molecule has 0 fully saturated rings. The van der Waals surface area contributed by atoms with E-state index in [1.807, 2.05) is 19.9 Å². The van der Waals surface area contributed by atoms with Crippen molar-refractivity contribution in [1.82, 2.24) is 10.3 Å². The summed E-state index contributed by atoms with van der Waals surface area (Å²) >= 11 is 1.46. The summed E-state index contributed by atoms with van der Waals surface area (Å²) in [7, 11) is 0. The molecule has 0 saturated carbocycles. The summed E-state index contributed by atoms with van der Waals surface area (Å²) in [6, 6.07) is 3.76. The number of nitrogens with two attached hydrogens (primary N) is 1. The molecule has 0 radical (unpaired) electrons. The number of nitrogen functional groups attached to an aromatic ring is 1. The number of rotatable bonds is 11. The molecule has 1 heterocycles. The van der Waals surface area contributed by atoms with Gasteiger partial charge in [0.1, 0.15) is 0 Å². The number of carbonyl (C=O) groups is 1. The van der Waals surface area contributed by atoms with Crippen molar-refractivity contribution in [2.75, 3.05) is 39.5 Å². The van der Waals surface area contributed by atoms with Gasteiger partial charge in [0.25, 0.3) is 5.91 Å². The fourth-order valence-corrected chi connectivity index (χ4v) is 2.78. The number of amides is 1. The molecule has 0 aliphatic rings. The van der Waals surface area contributed by atoms with Gasteiger partial charge >= 0.3 is 0 Å². The Hall–Kier alpha value is -0.990. The highest BCUT2D eigenvalue weighted by atomic mass is 32.1. The molecule has 0 aliphatic heterocycles. The predicted molar refractivity (Wildman–Crippen MR) is 84.2 cm³/mol. The third-order valence-electron chi connectivity index (χ3n) is 2.91. The first kappa shape index (κ1) is 18.1. The standard InChI is InChI=1S/C14H25N3O3S/c1-3-19-9-7-17(8-10-20-4-2)11-12-5-6-13(21-12)14(18)16-15/h5-6H,3-4,7-11,15H2,1-2H3,(H,16,18). The van der Waals surface area contributed by atoms with Gasteiger partial charge in [0, 0.05) is 37.7 Å². The van der Waals surface area contributed by atoms with E-state index in [1.54, 1.807) is 6.07 Å². The smallest absolute Gasteiger partial charge is 0.275 e. The molecular weight excluding hydrogens is 290 g/mol. The molecular formula is C14H25N3O3S. The Morgan fingerprint density at radius 3 is 2.38 bits per heavy atom. The third-order valence-corrected chi connectivity index (χ3v) is 3.98. The van der Waals surface area contributed by atoms with Crippen molar-refractivity contribution >= 4 is 17.2 Å². The zero-order chi connectivity index (χ0) is 15.5. The number of ether oxygens (including phenoxy) is 2. The van der Waals surface area contributed by atoms with Crippen LogP contribution in [0.5, 0.6) is 0 Å². The van der Waals surface area contributed by atoms with Crippen LogP contribution in [0.3, 0.4) is 0 Å². The summed E-state index contributed by atoms with van der Waals surface area (Å²) < 4.78 is 10.8. The summed E-state index contributed by atoms with van der Waals surface area (Å²) in [4.78, 5) is 15.5. The molecule has 1 rings (SSSR count). The van der Waals surface area contributed by atoms with Crippen LogP contribution in [0.15, 0.2) is 12.1 Å². The Morgan fingerprint density at radius 2 is 1.86 bits per heavy atom. The van der Waals surface area contributed by atoms with Crippen molar-refractivity contribution in [2.45, 2.75) is 20.4 Å². The van der Waals surface area contributed by atoms with Crippen molar-refractivity contribution in [3.8, 4) is 0 Å². The van der Waals surface area contributed by atoms with Gasteiger partial charge in [-0.3, -0.25) is 15.1 Å². The van der Waals surface area contributed by atoms with Crippen LogP contribution in [-0.4, -0.2) is 50.3 Å². The number of hydrogen-bond acceptors (Lipinski definition) is 6. The molecule has 7 heteroatoms. The summed E-state index contributed by atoms with van der Waals surface area (Å²) in [6.07, 6.45) is 0. The molecule has 1 aromatic rings. The predicted octanol–water partition coefficient (Wildman–Crippen LogP) is 1.23. The third kappa shape index (κ3) is 7.01. The molecule has 3 N–H and O–H groups in total. The molecule has 1 amide bonds. The lowest BCUT2D eigenvalue weighted by atomic mass is 10.3. The zero-order valence-corrected chi connectivity index (χ0v) is 13.6. The minimum atomic E-state index is -0.249. The lowest BCUT2D eigenvalue weighted by Crippen LogP contribution is -2.30. The van der Waals surface area contributed by atoms with Gasteiger partial charge in [0.05, 0.1) is 18.1 Å². The SMILES string of the molecule is CCOCCN(CCOCC)Cc1ccc(C(=O)NN)s1. The van der Waals surface area contributed by atoms with Crippen molar-refractivity contribution in [3.63, 3.8) is 0 Å². The van der Waals surface area contributed by atoms with E-state index in [1.165, 1.54) is 11.3 Å². The van der Waals surface area contributed by atoms with E-state index in [9.17, 15) is 4.79 Å². The Balaban J connectivity index is 2.52. The highest BCUT2D eigenvalue weighted by Gasteiger charge is 2.11. The molecule has 1 aromatic heterocycles. The molecule has 120 valence electrons. The van der Waals surface area contributed by atoms with Crippen LogP contribution in [0.1, 0.15) is 28.4 Å². The van der Waals surface area contributed by atoms with Crippen molar-refractivity contribution in [3.05, 3.63) is 21.9 Å². The fraction of sp³-hybridized carbons (Fsp3) is 0.643. The van der Waals surface area contributed by atoms with E-state index in [-0.39, 0.29) is 5.91 Å². The first-order chi connectivity index (χ1) is 10.2. The van der Waals surface area contributed by atoms with E-state index >= 15 is 0 Å². The highest BCUT2D eigenvalue weighted by Crippen LogP contribution is 2.18. The topological polar surface area (TPSA) is 76.8 Å². The van der Waals surface area contributed by atoms with Crippen molar-refractivity contribution < 1.29 is 14.3 Å². The number of nitrogens with zero attached hydrogens (tertiary/aromatic N) is 1. The molecule has 0 aromatic carbocycles. The summed E-state index contributed by atoms with van der Waals surface area (Å²) in [5.41, 5.74) is 2.15. The van der Waals surface area contributed by atoms with Crippen LogP contribution in [0.4, 0.5) is 0 Å². The van der Waals surface area contributed by atoms with Gasteiger partial charge in [-0.25, -0.2) is 5.84 Å². The first-order valence-corrected chi connectivity index (χ1v) is 8.00. The van der Waals surface area contributed by atoms with Gasteiger partial charge in [-0.05, 0) is 26.0 Å². The van der Waals surface area contributed by atoms with Crippen LogP contribution in [0.25, 0.3) is 0 Å². The number of carbonyl (C=O) groups excluding carboxylic acids is 1. The maximum Gasteiger partial charge on any atom is 0.275 e. The van der Waals surface area contributed by atoms with Crippen LogP contribution in [0, 0.1) is 0 Å². The quantitative estimate of drug-likeness (QED) is 0.278. The van der Waals surface area contributed by atoms with Crippen molar-refractivity contribution in [1.29, 1.82) is 0 Å². The second kappa shape index (κ2) is 10.7. The summed E-state index contributed by atoms with van der Waals surface area (Å²) in [5, 5.41) is 0. The lowest BCUT2D eigenvalue weighted by Gasteiger charge is -2.21. The van der Waals surface area contributed by atoms with Crippen LogP contribution in [-0.2, 0) is 16.0 Å². The Morgan fingerprint density at radius 1 is 1.24 bits per heavy atom. The number of hydrogen-bond donors (Lipinski definition) is 2. The Labute approximate surface area is 130 Å². The molecule has 0 unspecified atom stereocenters. The highest BCUT2D eigenvalue weighted by molar-refractivity contribution is 7.14. The summed E-state index contributed by atoms with van der Waals surface area (Å²) in [5.74, 6) is 4.89. The average molecular weight is 315 g/mol. The molecule has 21 heavy (non-hydrogen) atoms. The molecule has 6 nitrogen and oxygen atoms in total. The van der Waals surface area contributed by atoms with Crippen LogP contribution in [0.2, 0.25) is 0 Å². The van der Waals surface area contributed by atoms with E-state index in [0.717, 1.165) is 37.7 Å². The van der Waals surface area contributed by atoms with Gasteiger partial charge in [0.15, 0.2) is 0 Å². The van der Waals surface area contributed by atoms with Crippen molar-refractivity contribution in [2.24, 2.45) is 5.84 Å². The van der Waals surface area contributed by atoms with Gasteiger partial charge in [-0.15, -0.1) is 11.3 Å². The van der Waals surface area contributed by atoms with Gasteiger partial charge < -0.3 is 9.47 Å². The lowest BCUT2D eigenvalue weighted by molar-refractivity contribution is 0.0802. The molecule has 0 aliphatic carbocycles. The maximum absolute atomic E-state index is 11.5. The molecule has 0 bridgehead atoms. The number of nitrogens with one attached hydrogen (secondary N) is 1. The van der Waals surface area contributed by atoms with E-state index in [0.29, 0.717) is 18.1 Å². The van der Waals surface area contributed by atoms with E-state index in [2.05, 4.69) is 10.3 Å². The van der Waals surface area contributed by atoms with E-state index in [4.69, 9.17) is 15.3 Å². The monoisotopic (exact) mass is 315 g/mol. The number of thiophene rings is 1. The minimum absolute atomic E-state index is 0.249. The molecule has 0 spiro atoms. The Kier molecular flexibility index (Phi) is 9.20. The number of hydrazine groups is 1. The zero-order valence-electron chi connectivity index (χ0n) is 12.8. The van der Waals surface area contributed by atoms with Gasteiger partial charge in [0.2, 0.25) is 0 Å². The average Bonchev–Trinajstić information content (AvgIpc) is 2.95. The van der Waals surface area contributed by atoms with Crippen LogP contribution < -0.4 is 11.3 Å². The summed E-state index contributed by atoms with van der Waals surface area (Å²) in [6.45, 7) is 9.28. The van der Waals surface area contributed by atoms with Gasteiger partial charge in [-0.1, -0.05) is 0 Å². The molecule has 0 atom stereocenters. The van der Waals surface area contributed by atoms with E-state index < -0.39 is 0 Å². The maximum atomic E-state index is 11.5. The van der Waals surface area contributed by atoms with Gasteiger partial charge in [-0.2, -0.15) is 0 Å². The minimum Gasteiger partial charge on any atom is -0.380 e. The Bertz CT molecular complexity index is 402. The fourth-order valence-electron chi connectivity index (χ4n) is 1.82. The normalized spacial score (nSPS) is 11.0. The first-order valence-electron chi connectivity index (χ1n) is 7.18. The molecule has 0 saturated heterocycles. The largest absolute Gasteiger partial charge is 0.380 e.